The molecule has 0 radical (unpaired) electrons. The highest BCUT2D eigenvalue weighted by molar-refractivity contribution is 7.91. The highest BCUT2D eigenvalue weighted by atomic mass is 32.2. The summed E-state index contributed by atoms with van der Waals surface area (Å²) in [6, 6.07) is 6.85. The van der Waals surface area contributed by atoms with Crippen molar-refractivity contribution in [2.24, 2.45) is 0 Å². The minimum Gasteiger partial charge on any atom is -0.481 e. The third-order valence-electron chi connectivity index (χ3n) is 3.13. The molecule has 118 valence electrons. The summed E-state index contributed by atoms with van der Waals surface area (Å²) in [6.07, 6.45) is 2.14. The molecule has 0 aliphatic heterocycles. The molecular weight excluding hydrogens is 290 g/mol. The third kappa shape index (κ3) is 6.16. The van der Waals surface area contributed by atoms with Crippen LogP contribution in [0.4, 0.5) is 5.69 Å². The maximum absolute atomic E-state index is 11.9. The van der Waals surface area contributed by atoms with E-state index in [1.54, 1.807) is 24.3 Å². The second-order valence-corrected chi connectivity index (χ2v) is 7.28. The van der Waals surface area contributed by atoms with Gasteiger partial charge in [-0.1, -0.05) is 6.92 Å². The number of carboxylic acid groups (broad SMARTS) is 1. The smallest absolute Gasteiger partial charge is 0.303 e. The molecule has 0 fully saturated rings. The van der Waals surface area contributed by atoms with E-state index in [1.165, 1.54) is 0 Å². The van der Waals surface area contributed by atoms with Crippen molar-refractivity contribution in [3.05, 3.63) is 24.3 Å². The van der Waals surface area contributed by atoms with Crippen LogP contribution in [0, 0.1) is 0 Å². The summed E-state index contributed by atoms with van der Waals surface area (Å²) in [5.41, 5.74) is 0.841. The Morgan fingerprint density at radius 3 is 2.43 bits per heavy atom. The van der Waals surface area contributed by atoms with Crippen molar-refractivity contribution >= 4 is 21.5 Å². The second-order valence-electron chi connectivity index (χ2n) is 5.17. The molecule has 1 unspecified atom stereocenters. The first-order chi connectivity index (χ1) is 9.85. The molecule has 1 rings (SSSR count). The Labute approximate surface area is 126 Å². The Morgan fingerprint density at radius 2 is 1.90 bits per heavy atom. The standard InChI is InChI=1S/C15H23NO4S/c1-3-11-21(19,20)14-9-7-13(8-10-14)16-12(2)5-4-6-15(17)18/h7-10,12,16H,3-6,11H2,1-2H3,(H,17,18). The van der Waals surface area contributed by atoms with E-state index in [4.69, 9.17) is 5.11 Å². The number of carbonyl (C=O) groups is 1. The van der Waals surface area contributed by atoms with Crippen molar-refractivity contribution in [3.8, 4) is 0 Å². The fourth-order valence-corrected chi connectivity index (χ4v) is 3.39. The van der Waals surface area contributed by atoms with Gasteiger partial charge in [-0.25, -0.2) is 8.42 Å². The van der Waals surface area contributed by atoms with E-state index >= 15 is 0 Å². The van der Waals surface area contributed by atoms with Gasteiger partial charge >= 0.3 is 5.97 Å². The summed E-state index contributed by atoms with van der Waals surface area (Å²) in [4.78, 5) is 10.8. The number of aliphatic carboxylic acids is 1. The summed E-state index contributed by atoms with van der Waals surface area (Å²) < 4.78 is 23.8. The molecule has 21 heavy (non-hydrogen) atoms. The molecule has 0 aliphatic carbocycles. The van der Waals surface area contributed by atoms with Gasteiger partial charge in [-0.3, -0.25) is 4.79 Å². The fraction of sp³-hybridized carbons (Fsp3) is 0.533. The molecule has 0 saturated carbocycles. The van der Waals surface area contributed by atoms with Crippen molar-refractivity contribution in [2.75, 3.05) is 11.1 Å². The lowest BCUT2D eigenvalue weighted by molar-refractivity contribution is -0.137. The van der Waals surface area contributed by atoms with Gasteiger partial charge in [-0.2, -0.15) is 0 Å². The van der Waals surface area contributed by atoms with Gasteiger partial charge in [0.2, 0.25) is 0 Å². The molecule has 0 amide bonds. The van der Waals surface area contributed by atoms with Crippen LogP contribution < -0.4 is 5.32 Å². The van der Waals surface area contributed by atoms with Crippen LogP contribution in [-0.2, 0) is 14.6 Å². The highest BCUT2D eigenvalue weighted by Crippen LogP contribution is 2.17. The van der Waals surface area contributed by atoms with Crippen LogP contribution in [0.15, 0.2) is 29.2 Å². The number of rotatable bonds is 9. The van der Waals surface area contributed by atoms with E-state index in [0.29, 0.717) is 17.7 Å². The van der Waals surface area contributed by atoms with Crippen molar-refractivity contribution in [1.82, 2.24) is 0 Å². The zero-order valence-electron chi connectivity index (χ0n) is 12.5. The molecule has 5 nitrogen and oxygen atoms in total. The lowest BCUT2D eigenvalue weighted by Gasteiger charge is -2.15. The molecule has 1 aromatic rings. The van der Waals surface area contributed by atoms with Crippen LogP contribution in [0.1, 0.15) is 39.5 Å². The first-order valence-electron chi connectivity index (χ1n) is 7.16. The molecule has 0 bridgehead atoms. The van der Waals surface area contributed by atoms with Crippen molar-refractivity contribution in [3.63, 3.8) is 0 Å². The first kappa shape index (κ1) is 17.5. The Balaban J connectivity index is 2.56. The van der Waals surface area contributed by atoms with E-state index in [0.717, 1.165) is 12.1 Å². The third-order valence-corrected chi connectivity index (χ3v) is 5.06. The summed E-state index contributed by atoms with van der Waals surface area (Å²) in [5, 5.41) is 11.8. The van der Waals surface area contributed by atoms with Gasteiger partial charge in [0.05, 0.1) is 10.6 Å². The van der Waals surface area contributed by atoms with E-state index in [9.17, 15) is 13.2 Å². The number of benzene rings is 1. The Bertz CT molecular complexity index is 552. The predicted molar refractivity (Wildman–Crippen MR) is 83.4 cm³/mol. The van der Waals surface area contributed by atoms with E-state index < -0.39 is 15.8 Å². The summed E-state index contributed by atoms with van der Waals surface area (Å²) >= 11 is 0. The molecular formula is C15H23NO4S. The quantitative estimate of drug-likeness (QED) is 0.732. The average Bonchev–Trinajstić information content (AvgIpc) is 2.38. The minimum absolute atomic E-state index is 0.141. The maximum Gasteiger partial charge on any atom is 0.303 e. The monoisotopic (exact) mass is 313 g/mol. The predicted octanol–water partition coefficient (Wildman–Crippen LogP) is 2.93. The number of hydrogen-bond acceptors (Lipinski definition) is 4. The lowest BCUT2D eigenvalue weighted by Crippen LogP contribution is -2.15. The Hall–Kier alpha value is -1.56. The molecule has 0 aromatic heterocycles. The normalized spacial score (nSPS) is 12.9. The zero-order valence-corrected chi connectivity index (χ0v) is 13.3. The van der Waals surface area contributed by atoms with Gasteiger partial charge in [0.25, 0.3) is 0 Å². The Kier molecular flexibility index (Phi) is 6.68. The van der Waals surface area contributed by atoms with Crippen LogP contribution in [-0.4, -0.2) is 31.3 Å². The number of carboxylic acids is 1. The highest BCUT2D eigenvalue weighted by Gasteiger charge is 2.12. The van der Waals surface area contributed by atoms with Crippen LogP contribution in [0.2, 0.25) is 0 Å². The SMILES string of the molecule is CCCS(=O)(=O)c1ccc(NC(C)CCCC(=O)O)cc1. The van der Waals surface area contributed by atoms with Gasteiger partial charge in [-0.15, -0.1) is 0 Å². The number of anilines is 1. The van der Waals surface area contributed by atoms with Gasteiger partial charge in [0.15, 0.2) is 9.84 Å². The summed E-state index contributed by atoms with van der Waals surface area (Å²) in [5.74, 6) is -0.626. The van der Waals surface area contributed by atoms with Crippen LogP contribution >= 0.6 is 0 Å². The largest absolute Gasteiger partial charge is 0.481 e. The molecule has 1 atom stereocenters. The van der Waals surface area contributed by atoms with E-state index in [1.807, 2.05) is 13.8 Å². The first-order valence-corrected chi connectivity index (χ1v) is 8.81. The van der Waals surface area contributed by atoms with Crippen molar-refractivity contribution < 1.29 is 18.3 Å². The van der Waals surface area contributed by atoms with Gasteiger partial charge in [0, 0.05) is 18.2 Å². The van der Waals surface area contributed by atoms with Crippen LogP contribution in [0.25, 0.3) is 0 Å². The Morgan fingerprint density at radius 1 is 1.29 bits per heavy atom. The van der Waals surface area contributed by atoms with Gasteiger partial charge in [0.1, 0.15) is 0 Å². The second kappa shape index (κ2) is 8.02. The molecule has 6 heteroatoms. The van der Waals surface area contributed by atoms with Gasteiger partial charge < -0.3 is 10.4 Å². The number of sulfone groups is 1. The summed E-state index contributed by atoms with van der Waals surface area (Å²) in [6.45, 7) is 3.82. The molecule has 2 N–H and O–H groups in total. The van der Waals surface area contributed by atoms with Crippen molar-refractivity contribution in [2.45, 2.75) is 50.5 Å². The number of nitrogens with one attached hydrogen (secondary N) is 1. The molecule has 0 saturated heterocycles. The van der Waals surface area contributed by atoms with E-state index in [-0.39, 0.29) is 18.2 Å². The minimum atomic E-state index is -3.17. The fourth-order valence-electron chi connectivity index (χ4n) is 2.06. The van der Waals surface area contributed by atoms with Crippen LogP contribution in [0.5, 0.6) is 0 Å². The van der Waals surface area contributed by atoms with Crippen LogP contribution in [0.3, 0.4) is 0 Å². The van der Waals surface area contributed by atoms with Gasteiger partial charge in [-0.05, 0) is 50.5 Å². The molecule has 0 aliphatic rings. The average molecular weight is 313 g/mol. The molecule has 0 spiro atoms. The topological polar surface area (TPSA) is 83.5 Å². The lowest BCUT2D eigenvalue weighted by atomic mass is 10.1. The van der Waals surface area contributed by atoms with E-state index in [2.05, 4.69) is 5.32 Å². The molecule has 0 heterocycles. The number of hydrogen-bond donors (Lipinski definition) is 2. The zero-order chi connectivity index (χ0) is 15.9. The van der Waals surface area contributed by atoms with Crippen molar-refractivity contribution in [1.29, 1.82) is 0 Å². The molecule has 1 aromatic carbocycles. The summed E-state index contributed by atoms with van der Waals surface area (Å²) in [7, 11) is -3.17. The maximum atomic E-state index is 11.9.